The molecular formula is C14H24O4. The maximum absolute atomic E-state index is 10.8. The molecule has 104 valence electrons. The van der Waals surface area contributed by atoms with Crippen molar-refractivity contribution < 1.29 is 19.8 Å². The summed E-state index contributed by atoms with van der Waals surface area (Å²) in [7, 11) is 0. The van der Waals surface area contributed by atoms with Crippen molar-refractivity contribution in [2.24, 2.45) is 22.7 Å². The van der Waals surface area contributed by atoms with Gasteiger partial charge in [0.2, 0.25) is 0 Å². The summed E-state index contributed by atoms with van der Waals surface area (Å²) < 4.78 is 0. The first-order valence-corrected chi connectivity index (χ1v) is 6.52. The molecule has 0 spiro atoms. The van der Waals surface area contributed by atoms with Crippen LogP contribution in [0.3, 0.4) is 0 Å². The lowest BCUT2D eigenvalue weighted by atomic mass is 9.66. The van der Waals surface area contributed by atoms with E-state index in [0.29, 0.717) is 17.8 Å². The second-order valence-electron chi connectivity index (χ2n) is 6.42. The second kappa shape index (κ2) is 4.90. The average Bonchev–Trinajstić information content (AvgIpc) is 2.48. The van der Waals surface area contributed by atoms with Gasteiger partial charge in [-0.05, 0) is 41.9 Å². The van der Waals surface area contributed by atoms with Gasteiger partial charge in [-0.1, -0.05) is 20.8 Å². The molecule has 0 saturated heterocycles. The van der Waals surface area contributed by atoms with Crippen LogP contribution in [0.1, 0.15) is 53.4 Å². The fourth-order valence-corrected chi connectivity index (χ4v) is 3.89. The molecule has 0 amide bonds. The Morgan fingerprint density at radius 2 is 1.72 bits per heavy atom. The summed E-state index contributed by atoms with van der Waals surface area (Å²) in [5.74, 6) is -0.287. The van der Waals surface area contributed by atoms with Crippen LogP contribution < -0.4 is 0 Å². The molecule has 0 aromatic heterocycles. The van der Waals surface area contributed by atoms with Gasteiger partial charge >= 0.3 is 5.97 Å². The van der Waals surface area contributed by atoms with E-state index < -0.39 is 11.9 Å². The molecule has 0 aromatic carbocycles. The minimum atomic E-state index is -0.833. The lowest BCUT2D eigenvalue weighted by Crippen LogP contribution is -2.33. The third-order valence-electron chi connectivity index (χ3n) is 5.40. The summed E-state index contributed by atoms with van der Waals surface area (Å²) >= 11 is 0. The summed E-state index contributed by atoms with van der Waals surface area (Å²) in [4.78, 5) is 19.8. The Labute approximate surface area is 108 Å². The van der Waals surface area contributed by atoms with Crippen molar-refractivity contribution in [3.05, 3.63) is 0 Å². The van der Waals surface area contributed by atoms with Crippen LogP contribution in [-0.4, -0.2) is 22.2 Å². The maximum Gasteiger partial charge on any atom is 0.303 e. The molecule has 2 fully saturated rings. The number of carbonyl (C=O) groups is 2. The molecule has 0 aliphatic heterocycles. The Bertz CT molecular complexity index is 344. The molecule has 0 radical (unpaired) electrons. The molecule has 4 heteroatoms. The van der Waals surface area contributed by atoms with E-state index in [1.807, 2.05) is 0 Å². The van der Waals surface area contributed by atoms with Gasteiger partial charge in [-0.3, -0.25) is 9.59 Å². The predicted octanol–water partition coefficient (Wildman–Crippen LogP) is 3.01. The Kier molecular flexibility index (Phi) is 4.08. The highest BCUT2D eigenvalue weighted by molar-refractivity contribution is 5.67. The van der Waals surface area contributed by atoms with Gasteiger partial charge in [-0.25, -0.2) is 0 Å². The van der Waals surface area contributed by atoms with E-state index in [9.17, 15) is 4.79 Å². The van der Waals surface area contributed by atoms with Crippen LogP contribution in [0, 0.1) is 22.7 Å². The van der Waals surface area contributed by atoms with Gasteiger partial charge in [0.15, 0.2) is 0 Å². The first kappa shape index (κ1) is 15.0. The third-order valence-corrected chi connectivity index (χ3v) is 5.40. The van der Waals surface area contributed by atoms with Crippen molar-refractivity contribution >= 4 is 11.9 Å². The molecule has 2 N–H and O–H groups in total. The molecule has 0 heterocycles. The number of hydrogen-bond donors (Lipinski definition) is 2. The summed E-state index contributed by atoms with van der Waals surface area (Å²) in [5, 5.41) is 16.3. The van der Waals surface area contributed by atoms with Crippen LogP contribution in [-0.2, 0) is 9.59 Å². The fraction of sp³-hybridized carbons (Fsp3) is 0.857. The molecule has 2 aliphatic carbocycles. The van der Waals surface area contributed by atoms with Crippen molar-refractivity contribution in [2.45, 2.75) is 53.4 Å². The van der Waals surface area contributed by atoms with Crippen LogP contribution >= 0.6 is 0 Å². The van der Waals surface area contributed by atoms with Crippen molar-refractivity contribution in [3.63, 3.8) is 0 Å². The summed E-state index contributed by atoms with van der Waals surface area (Å²) in [5.41, 5.74) is 0.628. The van der Waals surface area contributed by atoms with Gasteiger partial charge < -0.3 is 10.2 Å². The normalized spacial score (nSPS) is 35.8. The van der Waals surface area contributed by atoms with Crippen molar-refractivity contribution in [2.75, 3.05) is 0 Å². The van der Waals surface area contributed by atoms with Gasteiger partial charge in [-0.15, -0.1) is 0 Å². The molecule has 2 rings (SSSR count). The predicted molar refractivity (Wildman–Crippen MR) is 68.3 cm³/mol. The van der Waals surface area contributed by atoms with Crippen molar-refractivity contribution in [1.82, 2.24) is 0 Å². The quantitative estimate of drug-likeness (QED) is 0.796. The zero-order chi connectivity index (χ0) is 14.1. The average molecular weight is 256 g/mol. The number of aliphatic carboxylic acids is 2. The molecule has 4 nitrogen and oxygen atoms in total. The van der Waals surface area contributed by atoms with Crippen LogP contribution in [0.4, 0.5) is 0 Å². The molecule has 18 heavy (non-hydrogen) atoms. The van der Waals surface area contributed by atoms with E-state index in [0.717, 1.165) is 19.3 Å². The van der Waals surface area contributed by atoms with E-state index in [1.54, 1.807) is 0 Å². The van der Waals surface area contributed by atoms with E-state index in [2.05, 4.69) is 20.8 Å². The number of rotatable bonds is 2. The minimum absolute atomic E-state index is 0.274. The Morgan fingerprint density at radius 1 is 1.22 bits per heavy atom. The van der Waals surface area contributed by atoms with Crippen LogP contribution in [0.25, 0.3) is 0 Å². The first-order valence-electron chi connectivity index (χ1n) is 6.52. The zero-order valence-corrected chi connectivity index (χ0v) is 11.7. The summed E-state index contributed by atoms with van der Waals surface area (Å²) in [6, 6.07) is 0. The molecule has 2 bridgehead atoms. The third kappa shape index (κ3) is 2.52. The number of carboxylic acid groups (broad SMARTS) is 2. The van der Waals surface area contributed by atoms with Gasteiger partial charge in [-0.2, -0.15) is 0 Å². The second-order valence-corrected chi connectivity index (χ2v) is 6.42. The Hall–Kier alpha value is -1.06. The van der Waals surface area contributed by atoms with Gasteiger partial charge in [0.1, 0.15) is 0 Å². The molecule has 2 saturated carbocycles. The van der Waals surface area contributed by atoms with E-state index in [-0.39, 0.29) is 5.41 Å². The van der Waals surface area contributed by atoms with Gasteiger partial charge in [0.05, 0.1) is 0 Å². The molecule has 2 aliphatic rings. The van der Waals surface area contributed by atoms with Crippen LogP contribution in [0.5, 0.6) is 0 Å². The lowest BCUT2D eigenvalue weighted by Gasteiger charge is -2.38. The zero-order valence-electron chi connectivity index (χ0n) is 11.7. The Balaban J connectivity index is 0.000000357. The molecule has 0 aromatic rings. The SMILES string of the molecule is CC(=O)O.CC1(C)C2CCC1(C)C(CC(=O)O)C2. The molecule has 3 unspecified atom stereocenters. The van der Waals surface area contributed by atoms with Crippen molar-refractivity contribution in [3.8, 4) is 0 Å². The highest BCUT2D eigenvalue weighted by Crippen LogP contribution is 2.68. The standard InChI is InChI=1S/C12H20O2.C2H4O2/c1-11(2)8-4-5-12(11,3)9(6-8)7-10(13)14;1-2(3)4/h8-9H,4-7H2,1-3H3,(H,13,14);1H3,(H,3,4). The van der Waals surface area contributed by atoms with Crippen molar-refractivity contribution in [1.29, 1.82) is 0 Å². The van der Waals surface area contributed by atoms with Gasteiger partial charge in [0, 0.05) is 13.3 Å². The number of carboxylic acids is 2. The minimum Gasteiger partial charge on any atom is -0.481 e. The monoisotopic (exact) mass is 256 g/mol. The largest absolute Gasteiger partial charge is 0.481 e. The smallest absolute Gasteiger partial charge is 0.303 e. The maximum atomic E-state index is 10.8. The summed E-state index contributed by atoms with van der Waals surface area (Å²) in [6.45, 7) is 8.03. The first-order chi connectivity index (χ1) is 8.11. The topological polar surface area (TPSA) is 74.6 Å². The lowest BCUT2D eigenvalue weighted by molar-refractivity contribution is -0.139. The van der Waals surface area contributed by atoms with Gasteiger partial charge in [0.25, 0.3) is 5.97 Å². The van der Waals surface area contributed by atoms with E-state index in [4.69, 9.17) is 15.0 Å². The fourth-order valence-electron chi connectivity index (χ4n) is 3.89. The highest BCUT2D eigenvalue weighted by Gasteiger charge is 2.61. The summed E-state index contributed by atoms with van der Waals surface area (Å²) in [6.07, 6.45) is 4.04. The van der Waals surface area contributed by atoms with Crippen LogP contribution in [0.2, 0.25) is 0 Å². The Morgan fingerprint density at radius 3 is 2.00 bits per heavy atom. The molecular weight excluding hydrogens is 232 g/mol. The highest BCUT2D eigenvalue weighted by atomic mass is 16.4. The van der Waals surface area contributed by atoms with E-state index in [1.165, 1.54) is 12.8 Å². The molecule has 3 atom stereocenters. The van der Waals surface area contributed by atoms with Crippen LogP contribution in [0.15, 0.2) is 0 Å². The number of hydrogen-bond acceptors (Lipinski definition) is 2. The number of fused-ring (bicyclic) bond motifs is 2. The van der Waals surface area contributed by atoms with E-state index >= 15 is 0 Å².